The minimum absolute atomic E-state index is 0.152. The normalized spacial score (nSPS) is 15.6. The van der Waals surface area contributed by atoms with E-state index in [0.29, 0.717) is 0 Å². The molecule has 2 unspecified atom stereocenters. The Morgan fingerprint density at radius 3 is 0.784 bits per heavy atom. The minimum atomic E-state index is -0.853. The maximum absolute atomic E-state index is 12.3. The highest BCUT2D eigenvalue weighted by Crippen LogP contribution is 2.52. The second kappa shape index (κ2) is 9.83. The standard InChI is InChI=1S/C35H56O2/c1-21-17-23(31(3,4)5)27(24(18-21)32(6,7)8)29(36)35(15,16)30(37)28-25(33(9,10)11)19-22(2)20-26(28)34(12,13)14/h17-20,29-30,36-37H,1-16H3. The Balaban J connectivity index is 2.94. The molecule has 2 nitrogen and oxygen atoms in total. The van der Waals surface area contributed by atoms with Crippen molar-refractivity contribution in [3.63, 3.8) is 0 Å². The molecule has 208 valence electrons. The SMILES string of the molecule is Cc1cc(C(C)(C)C)c(C(O)C(C)(C)C(O)c2c(C(C)(C)C)cc(C)cc2C(C)(C)C)c(C(C)(C)C)c1. The summed E-state index contributed by atoms with van der Waals surface area (Å²) in [7, 11) is 0. The summed E-state index contributed by atoms with van der Waals surface area (Å²) in [5, 5.41) is 24.7. The molecule has 0 spiro atoms. The van der Waals surface area contributed by atoms with Crippen molar-refractivity contribution in [3.8, 4) is 0 Å². The fourth-order valence-electron chi connectivity index (χ4n) is 5.56. The van der Waals surface area contributed by atoms with Crippen molar-refractivity contribution in [3.05, 3.63) is 68.8 Å². The van der Waals surface area contributed by atoms with Gasteiger partial charge in [0.15, 0.2) is 0 Å². The van der Waals surface area contributed by atoms with E-state index in [1.54, 1.807) is 0 Å². The fourth-order valence-corrected chi connectivity index (χ4v) is 5.56. The lowest BCUT2D eigenvalue weighted by molar-refractivity contribution is -0.0539. The number of benzene rings is 2. The quantitative estimate of drug-likeness (QED) is 0.432. The number of hydrogen-bond donors (Lipinski definition) is 2. The zero-order valence-electron chi connectivity index (χ0n) is 26.9. The molecule has 0 saturated carbocycles. The number of aliphatic hydroxyl groups excluding tert-OH is 2. The van der Waals surface area contributed by atoms with Crippen LogP contribution in [0.1, 0.15) is 154 Å². The smallest absolute Gasteiger partial charge is 0.0874 e. The zero-order valence-corrected chi connectivity index (χ0v) is 26.9. The molecule has 2 aromatic carbocycles. The van der Waals surface area contributed by atoms with Gasteiger partial charge >= 0.3 is 0 Å². The molecule has 0 aliphatic rings. The van der Waals surface area contributed by atoms with Gasteiger partial charge in [0, 0.05) is 5.41 Å². The first-order valence-corrected chi connectivity index (χ1v) is 14.0. The summed E-state index contributed by atoms with van der Waals surface area (Å²) in [6, 6.07) is 8.90. The molecular formula is C35H56O2. The number of aryl methyl sites for hydroxylation is 2. The van der Waals surface area contributed by atoms with Gasteiger partial charge in [-0.05, 0) is 68.9 Å². The summed E-state index contributed by atoms with van der Waals surface area (Å²) < 4.78 is 0. The number of rotatable bonds is 4. The summed E-state index contributed by atoms with van der Waals surface area (Å²) in [5.41, 5.74) is 7.50. The average molecular weight is 509 g/mol. The molecule has 2 heteroatoms. The molecule has 0 saturated heterocycles. The lowest BCUT2D eigenvalue weighted by Crippen LogP contribution is -2.36. The molecule has 2 atom stereocenters. The lowest BCUT2D eigenvalue weighted by atomic mass is 9.65. The van der Waals surface area contributed by atoms with E-state index in [1.807, 2.05) is 13.8 Å². The van der Waals surface area contributed by atoms with Crippen LogP contribution >= 0.6 is 0 Å². The first-order chi connectivity index (χ1) is 16.3. The van der Waals surface area contributed by atoms with Crippen LogP contribution in [0.5, 0.6) is 0 Å². The summed E-state index contributed by atoms with van der Waals surface area (Å²) >= 11 is 0. The van der Waals surface area contributed by atoms with Crippen LogP contribution in [0, 0.1) is 19.3 Å². The van der Waals surface area contributed by atoms with Crippen LogP contribution in [0.15, 0.2) is 24.3 Å². The van der Waals surface area contributed by atoms with E-state index in [1.165, 1.54) is 11.1 Å². The molecule has 2 rings (SSSR count). The predicted molar refractivity (Wildman–Crippen MR) is 161 cm³/mol. The van der Waals surface area contributed by atoms with Gasteiger partial charge in [0.25, 0.3) is 0 Å². The Kier molecular flexibility index (Phi) is 8.39. The van der Waals surface area contributed by atoms with Gasteiger partial charge in [-0.3, -0.25) is 0 Å². The summed E-state index contributed by atoms with van der Waals surface area (Å²) in [6.07, 6.45) is -1.71. The van der Waals surface area contributed by atoms with Crippen molar-refractivity contribution in [1.29, 1.82) is 0 Å². The second-order valence-electron chi connectivity index (χ2n) is 16.2. The monoisotopic (exact) mass is 508 g/mol. The highest BCUT2D eigenvalue weighted by atomic mass is 16.3. The Labute approximate surface area is 228 Å². The molecule has 2 N–H and O–H groups in total. The molecule has 0 fully saturated rings. The third-order valence-electron chi connectivity index (χ3n) is 7.84. The van der Waals surface area contributed by atoms with E-state index in [9.17, 15) is 10.2 Å². The molecule has 0 radical (unpaired) electrons. The maximum Gasteiger partial charge on any atom is 0.0874 e. The molecular weight excluding hydrogens is 452 g/mol. The Bertz CT molecular complexity index is 962. The van der Waals surface area contributed by atoms with Crippen molar-refractivity contribution < 1.29 is 10.2 Å². The summed E-state index contributed by atoms with van der Waals surface area (Å²) in [6.45, 7) is 34.9. The van der Waals surface area contributed by atoms with E-state index in [2.05, 4.69) is 121 Å². The first kappa shape index (κ1) is 31.6. The number of hydrogen-bond acceptors (Lipinski definition) is 2. The van der Waals surface area contributed by atoms with Crippen LogP contribution in [-0.4, -0.2) is 10.2 Å². The van der Waals surface area contributed by atoms with Gasteiger partial charge < -0.3 is 10.2 Å². The highest BCUT2D eigenvalue weighted by Gasteiger charge is 2.44. The van der Waals surface area contributed by atoms with Gasteiger partial charge in [0.2, 0.25) is 0 Å². The minimum Gasteiger partial charge on any atom is -0.388 e. The van der Waals surface area contributed by atoms with Crippen LogP contribution < -0.4 is 0 Å². The van der Waals surface area contributed by atoms with Gasteiger partial charge in [-0.2, -0.15) is 0 Å². The van der Waals surface area contributed by atoms with Gasteiger partial charge in [0.1, 0.15) is 0 Å². The zero-order chi connectivity index (χ0) is 29.1. The largest absolute Gasteiger partial charge is 0.388 e. The first-order valence-electron chi connectivity index (χ1n) is 14.0. The van der Waals surface area contributed by atoms with Gasteiger partial charge in [-0.1, -0.05) is 132 Å². The predicted octanol–water partition coefficient (Wildman–Crippen LogP) is 9.29. The Morgan fingerprint density at radius 1 is 0.432 bits per heavy atom. The topological polar surface area (TPSA) is 40.5 Å². The molecule has 2 aromatic rings. The molecule has 0 aliphatic carbocycles. The second-order valence-corrected chi connectivity index (χ2v) is 16.2. The van der Waals surface area contributed by atoms with E-state index in [0.717, 1.165) is 33.4 Å². The van der Waals surface area contributed by atoms with E-state index >= 15 is 0 Å². The summed E-state index contributed by atoms with van der Waals surface area (Å²) in [4.78, 5) is 0. The Hall–Kier alpha value is -1.64. The molecule has 0 amide bonds. The Morgan fingerprint density at radius 2 is 0.622 bits per heavy atom. The fraction of sp³-hybridized carbons (Fsp3) is 0.657. The van der Waals surface area contributed by atoms with E-state index in [4.69, 9.17) is 0 Å². The van der Waals surface area contributed by atoms with Crippen molar-refractivity contribution in [1.82, 2.24) is 0 Å². The summed E-state index contributed by atoms with van der Waals surface area (Å²) in [5.74, 6) is 0. The van der Waals surface area contributed by atoms with Gasteiger partial charge in [-0.15, -0.1) is 0 Å². The average Bonchev–Trinajstić information content (AvgIpc) is 2.68. The lowest BCUT2D eigenvalue weighted by Gasteiger charge is -2.43. The third kappa shape index (κ3) is 6.51. The van der Waals surface area contributed by atoms with Gasteiger partial charge in [-0.25, -0.2) is 0 Å². The van der Waals surface area contributed by atoms with Crippen LogP contribution in [-0.2, 0) is 21.7 Å². The van der Waals surface area contributed by atoms with Crippen LogP contribution in [0.3, 0.4) is 0 Å². The van der Waals surface area contributed by atoms with E-state index in [-0.39, 0.29) is 21.7 Å². The van der Waals surface area contributed by atoms with Crippen molar-refractivity contribution in [2.75, 3.05) is 0 Å². The van der Waals surface area contributed by atoms with Gasteiger partial charge in [0.05, 0.1) is 12.2 Å². The highest BCUT2D eigenvalue weighted by molar-refractivity contribution is 5.50. The van der Waals surface area contributed by atoms with Crippen LogP contribution in [0.2, 0.25) is 0 Å². The maximum atomic E-state index is 12.3. The molecule has 0 aliphatic heterocycles. The van der Waals surface area contributed by atoms with E-state index < -0.39 is 17.6 Å². The molecule has 0 aromatic heterocycles. The third-order valence-corrected chi connectivity index (χ3v) is 7.84. The van der Waals surface area contributed by atoms with Crippen LogP contribution in [0.4, 0.5) is 0 Å². The number of aliphatic hydroxyl groups is 2. The molecule has 0 heterocycles. The van der Waals surface area contributed by atoms with Crippen LogP contribution in [0.25, 0.3) is 0 Å². The van der Waals surface area contributed by atoms with Crippen molar-refractivity contribution in [2.24, 2.45) is 5.41 Å². The van der Waals surface area contributed by atoms with Crippen molar-refractivity contribution in [2.45, 2.75) is 145 Å². The molecule has 0 bridgehead atoms. The molecule has 37 heavy (non-hydrogen) atoms. The van der Waals surface area contributed by atoms with Crippen molar-refractivity contribution >= 4 is 0 Å².